The highest BCUT2D eigenvalue weighted by Crippen LogP contribution is 2.13. The normalized spacial score (nSPS) is 11.1. The summed E-state index contributed by atoms with van der Waals surface area (Å²) in [5.74, 6) is 0.465. The number of ether oxygens (including phenoxy) is 1. The van der Waals surface area contributed by atoms with Crippen LogP contribution in [0.4, 0.5) is 0 Å². The second kappa shape index (κ2) is 10.1. The molecule has 0 bridgehead atoms. The number of nitrogens with one attached hydrogen (secondary N) is 2. The van der Waals surface area contributed by atoms with Gasteiger partial charge in [0.2, 0.25) is 0 Å². The number of hydrogen-bond donors (Lipinski definition) is 2. The molecule has 0 aliphatic heterocycles. The molecule has 2 aromatic carbocycles. The molecule has 6 heteroatoms. The predicted molar refractivity (Wildman–Crippen MR) is 115 cm³/mol. The number of aryl methyl sites for hydroxylation is 1. The van der Waals surface area contributed by atoms with E-state index in [1.807, 2.05) is 50.2 Å². The van der Waals surface area contributed by atoms with Crippen LogP contribution in [0.5, 0.6) is 5.75 Å². The molecular weight excluding hydrogens is 380 g/mol. The zero-order valence-corrected chi connectivity index (χ0v) is 17.0. The third kappa shape index (κ3) is 5.61. The van der Waals surface area contributed by atoms with Gasteiger partial charge in [0.25, 0.3) is 11.8 Å². The van der Waals surface area contributed by atoms with Gasteiger partial charge in [-0.15, -0.1) is 0 Å². The first kappa shape index (κ1) is 20.9. The summed E-state index contributed by atoms with van der Waals surface area (Å²) < 4.78 is 10.7. The van der Waals surface area contributed by atoms with Gasteiger partial charge >= 0.3 is 0 Å². The lowest BCUT2D eigenvalue weighted by Gasteiger charge is -2.12. The number of amides is 2. The predicted octanol–water partition coefficient (Wildman–Crippen LogP) is 4.07. The molecule has 154 valence electrons. The van der Waals surface area contributed by atoms with E-state index in [1.54, 1.807) is 24.3 Å². The monoisotopic (exact) mass is 404 g/mol. The van der Waals surface area contributed by atoms with Crippen molar-refractivity contribution in [3.05, 3.63) is 95.1 Å². The summed E-state index contributed by atoms with van der Waals surface area (Å²) in [5, 5.41) is 5.53. The molecule has 0 aliphatic rings. The summed E-state index contributed by atoms with van der Waals surface area (Å²) >= 11 is 0. The quantitative estimate of drug-likeness (QED) is 0.555. The summed E-state index contributed by atoms with van der Waals surface area (Å²) in [6.45, 7) is 4.67. The molecule has 0 aliphatic carbocycles. The van der Waals surface area contributed by atoms with Crippen LogP contribution < -0.4 is 15.4 Å². The maximum Gasteiger partial charge on any atom is 0.268 e. The Morgan fingerprint density at radius 2 is 1.80 bits per heavy atom. The number of carbonyl (C=O) groups excluding carboxylic acids is 2. The molecular formula is C24H24N2O4. The van der Waals surface area contributed by atoms with Gasteiger partial charge in [-0.2, -0.15) is 0 Å². The third-order valence-corrected chi connectivity index (χ3v) is 4.40. The lowest BCUT2D eigenvalue weighted by atomic mass is 10.1. The Labute approximate surface area is 175 Å². The zero-order chi connectivity index (χ0) is 21.3. The minimum absolute atomic E-state index is 0.101. The Morgan fingerprint density at radius 3 is 2.47 bits per heavy atom. The van der Waals surface area contributed by atoms with E-state index in [9.17, 15) is 9.59 Å². The van der Waals surface area contributed by atoms with E-state index >= 15 is 0 Å². The molecule has 0 saturated carbocycles. The lowest BCUT2D eigenvalue weighted by molar-refractivity contribution is -0.117. The Morgan fingerprint density at radius 1 is 1.03 bits per heavy atom. The van der Waals surface area contributed by atoms with Crippen molar-refractivity contribution >= 4 is 17.9 Å². The topological polar surface area (TPSA) is 80.6 Å². The first-order valence-corrected chi connectivity index (χ1v) is 9.69. The fourth-order valence-electron chi connectivity index (χ4n) is 2.84. The van der Waals surface area contributed by atoms with Gasteiger partial charge in [0.1, 0.15) is 17.2 Å². The molecule has 30 heavy (non-hydrogen) atoms. The summed E-state index contributed by atoms with van der Waals surface area (Å²) in [6, 6.07) is 18.1. The molecule has 2 amide bonds. The van der Waals surface area contributed by atoms with E-state index < -0.39 is 5.91 Å². The van der Waals surface area contributed by atoms with E-state index in [0.717, 1.165) is 16.9 Å². The number of rotatable bonds is 8. The fourth-order valence-corrected chi connectivity index (χ4v) is 2.84. The van der Waals surface area contributed by atoms with Gasteiger partial charge in [-0.3, -0.25) is 9.59 Å². The molecule has 1 aromatic heterocycles. The Hall–Kier alpha value is -3.80. The average Bonchev–Trinajstić information content (AvgIpc) is 3.26. The molecule has 0 fully saturated rings. The first-order chi connectivity index (χ1) is 14.6. The van der Waals surface area contributed by atoms with Gasteiger partial charge in [0.15, 0.2) is 0 Å². The van der Waals surface area contributed by atoms with Crippen molar-refractivity contribution in [2.24, 2.45) is 0 Å². The number of hydrogen-bond acceptors (Lipinski definition) is 4. The summed E-state index contributed by atoms with van der Waals surface area (Å²) in [4.78, 5) is 25.5. The highest BCUT2D eigenvalue weighted by Gasteiger charge is 2.16. The molecule has 3 aromatic rings. The molecule has 6 nitrogen and oxygen atoms in total. The van der Waals surface area contributed by atoms with Gasteiger partial charge < -0.3 is 19.8 Å². The van der Waals surface area contributed by atoms with Gasteiger partial charge in [-0.25, -0.2) is 0 Å². The van der Waals surface area contributed by atoms with E-state index in [1.165, 1.54) is 12.3 Å². The van der Waals surface area contributed by atoms with Crippen molar-refractivity contribution in [2.45, 2.75) is 20.4 Å². The largest absolute Gasteiger partial charge is 0.494 e. The summed E-state index contributed by atoms with van der Waals surface area (Å²) in [7, 11) is 0. The minimum Gasteiger partial charge on any atom is -0.494 e. The SMILES string of the molecule is CCOc1ccc(CNC(=O)/C(=C/c2ccco2)NC(=O)c2ccccc2C)cc1. The van der Waals surface area contributed by atoms with Gasteiger partial charge in [0.05, 0.1) is 12.9 Å². The number of furan rings is 1. The van der Waals surface area contributed by atoms with Crippen molar-refractivity contribution in [1.29, 1.82) is 0 Å². The van der Waals surface area contributed by atoms with Crippen molar-refractivity contribution in [3.8, 4) is 5.75 Å². The maximum atomic E-state index is 12.8. The van der Waals surface area contributed by atoms with Crippen LogP contribution in [0.25, 0.3) is 6.08 Å². The molecule has 0 saturated heterocycles. The second-order valence-electron chi connectivity index (χ2n) is 6.60. The third-order valence-electron chi connectivity index (χ3n) is 4.40. The van der Waals surface area contributed by atoms with Crippen LogP contribution in [-0.4, -0.2) is 18.4 Å². The van der Waals surface area contributed by atoms with E-state index in [-0.39, 0.29) is 11.6 Å². The van der Waals surface area contributed by atoms with Crippen molar-refractivity contribution < 1.29 is 18.7 Å². The van der Waals surface area contributed by atoms with Crippen LogP contribution in [0.2, 0.25) is 0 Å². The molecule has 2 N–H and O–H groups in total. The number of benzene rings is 2. The highest BCUT2D eigenvalue weighted by atomic mass is 16.5. The first-order valence-electron chi connectivity index (χ1n) is 9.69. The minimum atomic E-state index is -0.415. The molecule has 0 unspecified atom stereocenters. The molecule has 1 heterocycles. The van der Waals surface area contributed by atoms with Crippen LogP contribution in [0.1, 0.15) is 34.2 Å². The van der Waals surface area contributed by atoms with E-state index in [4.69, 9.17) is 9.15 Å². The standard InChI is InChI=1S/C24H24N2O4/c1-3-29-19-12-10-18(11-13-19)16-25-24(28)22(15-20-8-6-14-30-20)26-23(27)21-9-5-4-7-17(21)2/h4-15H,3,16H2,1-2H3,(H,25,28)(H,26,27)/b22-15-. The molecule has 3 rings (SSSR count). The van der Waals surface area contributed by atoms with Gasteiger partial charge in [-0.1, -0.05) is 30.3 Å². The van der Waals surface area contributed by atoms with Crippen LogP contribution in [-0.2, 0) is 11.3 Å². The van der Waals surface area contributed by atoms with Crippen molar-refractivity contribution in [1.82, 2.24) is 10.6 Å². The van der Waals surface area contributed by atoms with Crippen molar-refractivity contribution in [2.75, 3.05) is 6.61 Å². The smallest absolute Gasteiger partial charge is 0.268 e. The molecule has 0 spiro atoms. The maximum absolute atomic E-state index is 12.8. The van der Waals surface area contributed by atoms with E-state index in [2.05, 4.69) is 10.6 Å². The lowest BCUT2D eigenvalue weighted by Crippen LogP contribution is -2.34. The zero-order valence-electron chi connectivity index (χ0n) is 17.0. The average molecular weight is 404 g/mol. The molecule has 0 radical (unpaired) electrons. The summed E-state index contributed by atoms with van der Waals surface area (Å²) in [5.41, 5.74) is 2.34. The Bertz CT molecular complexity index is 1020. The highest BCUT2D eigenvalue weighted by molar-refractivity contribution is 6.05. The van der Waals surface area contributed by atoms with E-state index in [0.29, 0.717) is 24.5 Å². The van der Waals surface area contributed by atoms with Gasteiger partial charge in [0, 0.05) is 18.2 Å². The Kier molecular flexibility index (Phi) is 7.05. The van der Waals surface area contributed by atoms with Crippen LogP contribution in [0, 0.1) is 6.92 Å². The Balaban J connectivity index is 1.72. The van der Waals surface area contributed by atoms with Gasteiger partial charge in [-0.05, 0) is 55.3 Å². The molecule has 0 atom stereocenters. The fraction of sp³-hybridized carbons (Fsp3) is 0.167. The summed E-state index contributed by atoms with van der Waals surface area (Å²) in [6.07, 6.45) is 3.01. The van der Waals surface area contributed by atoms with Crippen molar-refractivity contribution in [3.63, 3.8) is 0 Å². The second-order valence-corrected chi connectivity index (χ2v) is 6.60. The van der Waals surface area contributed by atoms with Crippen LogP contribution in [0.15, 0.2) is 77.0 Å². The van der Waals surface area contributed by atoms with Crippen LogP contribution >= 0.6 is 0 Å². The van der Waals surface area contributed by atoms with Crippen LogP contribution in [0.3, 0.4) is 0 Å². The number of carbonyl (C=O) groups is 2.